The fraction of sp³-hybridized carbons (Fsp3) is 0.348. The van der Waals surface area contributed by atoms with Gasteiger partial charge in [-0.25, -0.2) is 4.79 Å². The fourth-order valence-corrected chi connectivity index (χ4v) is 3.90. The van der Waals surface area contributed by atoms with E-state index in [2.05, 4.69) is 5.32 Å². The van der Waals surface area contributed by atoms with Gasteiger partial charge in [0.05, 0.1) is 23.5 Å². The number of para-hydroxylation sites is 1. The Balaban J connectivity index is 2.42. The van der Waals surface area contributed by atoms with Gasteiger partial charge in [0.25, 0.3) is 0 Å². The molecule has 1 amide bonds. The fourth-order valence-electron chi connectivity index (χ4n) is 3.47. The van der Waals surface area contributed by atoms with Crippen molar-refractivity contribution >= 4 is 41.2 Å². The van der Waals surface area contributed by atoms with Crippen LogP contribution < -0.4 is 20.3 Å². The smallest absolute Gasteiger partial charge is 0.413 e. The van der Waals surface area contributed by atoms with Crippen LogP contribution in [0.15, 0.2) is 60.7 Å². The Kier molecular flexibility index (Phi) is 10.4. The summed E-state index contributed by atoms with van der Waals surface area (Å²) in [6, 6.07) is 15.1. The molecule has 0 radical (unpaired) electrons. The monoisotopic (exact) mass is 494 g/mol. The van der Waals surface area contributed by atoms with Gasteiger partial charge in [0.2, 0.25) is 0 Å². The molecule has 0 saturated carbocycles. The summed E-state index contributed by atoms with van der Waals surface area (Å²) in [5, 5.41) is 26.8. The standard InChI is InChI=1S/C23H26Cl2N2O6/c24-11-13-27(14-12-25)19(20(28)29)16-23(21(30)31,15-17-7-3-1-4-8-17)26-22(32)33-18-9-5-2-6-10-18/h1-10,19H,11-16H2,(H,26,32)(H,28,29)(H,30,31)/p-2/t19?,23-/m0/s1. The van der Waals surface area contributed by atoms with E-state index in [0.717, 1.165) is 0 Å². The van der Waals surface area contributed by atoms with E-state index in [-0.39, 0.29) is 37.0 Å². The summed E-state index contributed by atoms with van der Waals surface area (Å²) >= 11 is 11.6. The topological polar surface area (TPSA) is 122 Å². The third-order valence-corrected chi connectivity index (χ3v) is 5.37. The molecule has 0 aliphatic rings. The third-order valence-electron chi connectivity index (χ3n) is 5.03. The lowest BCUT2D eigenvalue weighted by Crippen LogP contribution is -2.66. The Hall–Kier alpha value is -2.81. The number of rotatable bonds is 13. The predicted octanol–water partition coefficient (Wildman–Crippen LogP) is 0.795. The quantitative estimate of drug-likeness (QED) is 0.408. The van der Waals surface area contributed by atoms with E-state index in [9.17, 15) is 24.6 Å². The molecule has 0 bridgehead atoms. The zero-order valence-electron chi connectivity index (χ0n) is 17.7. The second kappa shape index (κ2) is 13.0. The summed E-state index contributed by atoms with van der Waals surface area (Å²) in [6.45, 7) is 0.242. The molecule has 0 spiro atoms. The first-order chi connectivity index (χ1) is 15.8. The number of alkyl halides is 2. The minimum Gasteiger partial charge on any atom is -0.548 e. The number of benzene rings is 2. The van der Waals surface area contributed by atoms with Gasteiger partial charge in [-0.2, -0.15) is 0 Å². The number of halogens is 2. The van der Waals surface area contributed by atoms with Gasteiger partial charge in [0, 0.05) is 31.3 Å². The van der Waals surface area contributed by atoms with Gasteiger partial charge < -0.3 is 29.9 Å². The van der Waals surface area contributed by atoms with Crippen molar-refractivity contribution < 1.29 is 29.3 Å². The van der Waals surface area contributed by atoms with E-state index in [1.54, 1.807) is 48.5 Å². The molecule has 0 heterocycles. The number of carboxylic acid groups (broad SMARTS) is 2. The number of carbonyl (C=O) groups is 3. The highest BCUT2D eigenvalue weighted by atomic mass is 35.5. The highest BCUT2D eigenvalue weighted by molar-refractivity contribution is 6.18. The molecule has 0 fully saturated rings. The predicted molar refractivity (Wildman–Crippen MR) is 120 cm³/mol. The summed E-state index contributed by atoms with van der Waals surface area (Å²) in [7, 11) is 0. The maximum Gasteiger partial charge on any atom is 0.413 e. The first-order valence-electron chi connectivity index (χ1n) is 10.2. The Morgan fingerprint density at radius 2 is 1.48 bits per heavy atom. The minimum atomic E-state index is -2.13. The van der Waals surface area contributed by atoms with Crippen LogP contribution in [0.5, 0.6) is 5.75 Å². The van der Waals surface area contributed by atoms with Crippen molar-refractivity contribution in [3.8, 4) is 5.75 Å². The van der Waals surface area contributed by atoms with Crippen molar-refractivity contribution in [1.29, 1.82) is 0 Å². The van der Waals surface area contributed by atoms with E-state index >= 15 is 0 Å². The van der Waals surface area contributed by atoms with Crippen molar-refractivity contribution in [2.75, 3.05) is 24.8 Å². The first-order valence-corrected chi connectivity index (χ1v) is 11.3. The average Bonchev–Trinajstić information content (AvgIpc) is 2.78. The molecule has 1 N–H and O–H groups in total. The molecule has 8 nitrogen and oxygen atoms in total. The molecule has 0 aromatic heterocycles. The van der Waals surface area contributed by atoms with Crippen LogP contribution in [0.3, 0.4) is 0 Å². The van der Waals surface area contributed by atoms with Gasteiger partial charge in [-0.3, -0.25) is 4.90 Å². The summed E-state index contributed by atoms with van der Waals surface area (Å²) in [5.74, 6) is -2.84. The van der Waals surface area contributed by atoms with Gasteiger partial charge in [0.15, 0.2) is 0 Å². The zero-order valence-corrected chi connectivity index (χ0v) is 19.3. The zero-order chi connectivity index (χ0) is 24.3. The summed E-state index contributed by atoms with van der Waals surface area (Å²) in [6.07, 6.45) is -1.89. The van der Waals surface area contributed by atoms with Crippen LogP contribution in [-0.2, 0) is 16.0 Å². The number of aliphatic carboxylic acids is 2. The van der Waals surface area contributed by atoms with Gasteiger partial charge >= 0.3 is 6.09 Å². The summed E-state index contributed by atoms with van der Waals surface area (Å²) in [4.78, 5) is 38.5. The Morgan fingerprint density at radius 3 is 1.97 bits per heavy atom. The van der Waals surface area contributed by atoms with Crippen LogP contribution in [-0.4, -0.2) is 59.4 Å². The van der Waals surface area contributed by atoms with E-state index < -0.39 is 36.0 Å². The van der Waals surface area contributed by atoms with Gasteiger partial charge in [-0.15, -0.1) is 23.2 Å². The van der Waals surface area contributed by atoms with Crippen molar-refractivity contribution in [2.24, 2.45) is 0 Å². The average molecular weight is 495 g/mol. The molecule has 178 valence electrons. The number of hydrogen-bond acceptors (Lipinski definition) is 7. The van der Waals surface area contributed by atoms with Crippen LogP contribution in [0, 0.1) is 0 Å². The largest absolute Gasteiger partial charge is 0.548 e. The number of amides is 1. The van der Waals surface area contributed by atoms with Crippen molar-refractivity contribution in [3.05, 3.63) is 66.2 Å². The lowest BCUT2D eigenvalue weighted by Gasteiger charge is -2.42. The van der Waals surface area contributed by atoms with E-state index in [0.29, 0.717) is 5.56 Å². The van der Waals surface area contributed by atoms with Gasteiger partial charge in [-0.05, 0) is 24.1 Å². The second-order valence-electron chi connectivity index (χ2n) is 7.31. The normalized spacial score (nSPS) is 13.7. The van der Waals surface area contributed by atoms with Crippen molar-refractivity contribution in [2.45, 2.75) is 24.4 Å². The SMILES string of the molecule is O=C(N[C@@](Cc1ccccc1)(CC(C(=O)[O-])N(CCCl)CCCl)C(=O)[O-])Oc1ccccc1. The molecule has 0 saturated heterocycles. The van der Waals surface area contributed by atoms with Crippen LogP contribution in [0.25, 0.3) is 0 Å². The first kappa shape index (κ1) is 26.4. The maximum atomic E-state index is 12.7. The highest BCUT2D eigenvalue weighted by Crippen LogP contribution is 2.23. The lowest BCUT2D eigenvalue weighted by molar-refractivity contribution is -0.318. The van der Waals surface area contributed by atoms with Crippen molar-refractivity contribution in [3.63, 3.8) is 0 Å². The molecule has 2 aromatic rings. The molecular formula is C23H24Cl2N2O6-2. The van der Waals surface area contributed by atoms with Crippen LogP contribution >= 0.6 is 23.2 Å². The summed E-state index contributed by atoms with van der Waals surface area (Å²) < 4.78 is 5.20. The van der Waals surface area contributed by atoms with Crippen molar-refractivity contribution in [1.82, 2.24) is 10.2 Å². The Labute approximate surface area is 202 Å². The summed E-state index contributed by atoms with van der Waals surface area (Å²) in [5.41, 5.74) is -1.59. The third kappa shape index (κ3) is 7.92. The second-order valence-corrected chi connectivity index (χ2v) is 8.07. The molecular weight excluding hydrogens is 471 g/mol. The highest BCUT2D eigenvalue weighted by Gasteiger charge is 2.39. The molecule has 10 heteroatoms. The van der Waals surface area contributed by atoms with E-state index in [1.165, 1.54) is 17.0 Å². The number of carboxylic acids is 2. The van der Waals surface area contributed by atoms with Gasteiger partial charge in [0.1, 0.15) is 5.75 Å². The lowest BCUT2D eigenvalue weighted by atomic mass is 9.84. The molecule has 2 aromatic carbocycles. The number of hydrogen-bond donors (Lipinski definition) is 1. The van der Waals surface area contributed by atoms with E-state index in [1.807, 2.05) is 0 Å². The maximum absolute atomic E-state index is 12.7. The molecule has 1 unspecified atom stereocenters. The Morgan fingerprint density at radius 1 is 0.939 bits per heavy atom. The number of carbonyl (C=O) groups excluding carboxylic acids is 3. The molecule has 33 heavy (non-hydrogen) atoms. The molecule has 2 atom stereocenters. The Bertz CT molecular complexity index is 910. The van der Waals surface area contributed by atoms with Crippen LogP contribution in [0.1, 0.15) is 12.0 Å². The number of nitrogens with one attached hydrogen (secondary N) is 1. The molecule has 0 aliphatic heterocycles. The molecule has 0 aliphatic carbocycles. The van der Waals surface area contributed by atoms with Crippen LogP contribution in [0.2, 0.25) is 0 Å². The van der Waals surface area contributed by atoms with Gasteiger partial charge in [-0.1, -0.05) is 48.5 Å². The van der Waals surface area contributed by atoms with E-state index in [4.69, 9.17) is 27.9 Å². The number of ether oxygens (including phenoxy) is 1. The minimum absolute atomic E-state index is 0.0845. The number of nitrogens with zero attached hydrogens (tertiary/aromatic N) is 1. The molecule has 2 rings (SSSR count). The van der Waals surface area contributed by atoms with Crippen LogP contribution in [0.4, 0.5) is 4.79 Å².